The molecular formula is C8H16IN3. The summed E-state index contributed by atoms with van der Waals surface area (Å²) < 4.78 is 0.574. The van der Waals surface area contributed by atoms with Crippen molar-refractivity contribution in [1.29, 1.82) is 0 Å². The molecule has 1 aliphatic heterocycles. The summed E-state index contributed by atoms with van der Waals surface area (Å²) in [5.41, 5.74) is 0. The lowest BCUT2D eigenvalue weighted by Crippen LogP contribution is -2.34. The number of hydrogen-bond acceptors (Lipinski definition) is 3. The minimum absolute atomic E-state index is 0.561. The lowest BCUT2D eigenvalue weighted by Gasteiger charge is -2.23. The Morgan fingerprint density at radius 1 is 1.58 bits per heavy atom. The van der Waals surface area contributed by atoms with Crippen LogP contribution in [0.1, 0.15) is 6.92 Å². The largest absolute Gasteiger partial charge is 0.308 e. The van der Waals surface area contributed by atoms with Gasteiger partial charge >= 0.3 is 0 Å². The zero-order chi connectivity index (χ0) is 9.14. The van der Waals surface area contributed by atoms with Gasteiger partial charge in [0.15, 0.2) is 0 Å². The van der Waals surface area contributed by atoms with Gasteiger partial charge in [0.1, 0.15) is 0 Å². The molecule has 1 heterocycles. The van der Waals surface area contributed by atoms with Crippen LogP contribution in [-0.4, -0.2) is 53.3 Å². The van der Waals surface area contributed by atoms with Gasteiger partial charge in [0.05, 0.1) is 9.97 Å². The van der Waals surface area contributed by atoms with Crippen molar-refractivity contribution < 1.29 is 0 Å². The Balaban J connectivity index is 2.30. The minimum atomic E-state index is 0.561. The fourth-order valence-corrected chi connectivity index (χ4v) is 1.62. The van der Waals surface area contributed by atoms with Crippen LogP contribution in [0.15, 0.2) is 5.10 Å². The van der Waals surface area contributed by atoms with Gasteiger partial charge < -0.3 is 4.90 Å². The van der Waals surface area contributed by atoms with E-state index in [4.69, 9.17) is 0 Å². The predicted octanol–water partition coefficient (Wildman–Crippen LogP) is 1.04. The van der Waals surface area contributed by atoms with Crippen molar-refractivity contribution in [1.82, 2.24) is 9.91 Å². The van der Waals surface area contributed by atoms with Crippen LogP contribution < -0.4 is 0 Å². The van der Waals surface area contributed by atoms with Crippen LogP contribution in [0, 0.1) is 0 Å². The molecule has 70 valence electrons. The van der Waals surface area contributed by atoms with E-state index in [0.717, 1.165) is 13.1 Å². The predicted molar refractivity (Wildman–Crippen MR) is 61.0 cm³/mol. The first-order valence-corrected chi connectivity index (χ1v) is 5.45. The maximum atomic E-state index is 4.34. The summed E-state index contributed by atoms with van der Waals surface area (Å²) in [4.78, 5) is 2.18. The fraction of sp³-hybridized carbons (Fsp3) is 0.875. The molecular weight excluding hydrogens is 265 g/mol. The molecule has 12 heavy (non-hydrogen) atoms. The number of hydrazone groups is 1. The summed E-state index contributed by atoms with van der Waals surface area (Å²) in [6.45, 7) is 4.33. The second kappa shape index (κ2) is 4.41. The fourth-order valence-electron chi connectivity index (χ4n) is 1.11. The Morgan fingerprint density at radius 2 is 2.25 bits per heavy atom. The van der Waals surface area contributed by atoms with Crippen molar-refractivity contribution in [3.63, 3.8) is 0 Å². The smallest absolute Gasteiger partial charge is 0.0697 e. The van der Waals surface area contributed by atoms with E-state index in [1.54, 1.807) is 0 Å². The highest BCUT2D eigenvalue weighted by Crippen LogP contribution is 2.17. The standard InChI is InChI=1S/C8H16IN3/c1-7-8(9)6-10-12(7)5-4-11(2)3/h6-8H,4-5H2,1-3H3. The van der Waals surface area contributed by atoms with Gasteiger partial charge in [0.2, 0.25) is 0 Å². The molecule has 0 saturated carbocycles. The number of hydrogen-bond donors (Lipinski definition) is 0. The van der Waals surface area contributed by atoms with Crippen molar-refractivity contribution in [2.75, 3.05) is 27.2 Å². The summed E-state index contributed by atoms with van der Waals surface area (Å²) in [5.74, 6) is 0. The van der Waals surface area contributed by atoms with Gasteiger partial charge in [0.25, 0.3) is 0 Å². The van der Waals surface area contributed by atoms with Gasteiger partial charge in [-0.05, 0) is 21.0 Å². The Morgan fingerprint density at radius 3 is 2.67 bits per heavy atom. The van der Waals surface area contributed by atoms with Crippen LogP contribution in [0.3, 0.4) is 0 Å². The third kappa shape index (κ3) is 2.58. The monoisotopic (exact) mass is 281 g/mol. The molecule has 1 aliphatic rings. The molecule has 2 unspecified atom stereocenters. The highest BCUT2D eigenvalue weighted by molar-refractivity contribution is 14.1. The highest BCUT2D eigenvalue weighted by atomic mass is 127. The van der Waals surface area contributed by atoms with Gasteiger partial charge in [-0.1, -0.05) is 22.6 Å². The molecule has 0 amide bonds. The number of alkyl halides is 1. The van der Waals surface area contributed by atoms with Crippen LogP contribution in [0.5, 0.6) is 0 Å². The molecule has 0 aromatic carbocycles. The molecule has 0 spiro atoms. The third-order valence-electron chi connectivity index (χ3n) is 2.06. The highest BCUT2D eigenvalue weighted by Gasteiger charge is 2.23. The zero-order valence-electron chi connectivity index (χ0n) is 7.87. The van der Waals surface area contributed by atoms with E-state index in [2.05, 4.69) is 58.6 Å². The van der Waals surface area contributed by atoms with Crippen molar-refractivity contribution in [3.8, 4) is 0 Å². The number of nitrogens with zero attached hydrogens (tertiary/aromatic N) is 3. The van der Waals surface area contributed by atoms with Crippen LogP contribution in [0.25, 0.3) is 0 Å². The number of likely N-dealkylation sites (N-methyl/N-ethyl adjacent to an activating group) is 1. The van der Waals surface area contributed by atoms with Gasteiger partial charge in [-0.25, -0.2) is 0 Å². The maximum absolute atomic E-state index is 4.34. The summed E-state index contributed by atoms with van der Waals surface area (Å²) in [6, 6.07) is 0.561. The Labute approximate surface area is 87.9 Å². The Kier molecular flexibility index (Phi) is 3.77. The molecule has 0 aromatic heterocycles. The molecule has 0 radical (unpaired) electrons. The van der Waals surface area contributed by atoms with Gasteiger partial charge in [-0.2, -0.15) is 5.10 Å². The van der Waals surface area contributed by atoms with E-state index < -0.39 is 0 Å². The molecule has 3 nitrogen and oxygen atoms in total. The summed E-state index contributed by atoms with van der Waals surface area (Å²) in [5, 5.41) is 6.51. The van der Waals surface area contributed by atoms with Crippen molar-refractivity contribution in [3.05, 3.63) is 0 Å². The number of rotatable bonds is 3. The second-order valence-electron chi connectivity index (χ2n) is 3.42. The van der Waals surface area contributed by atoms with Crippen molar-refractivity contribution in [2.45, 2.75) is 16.9 Å². The summed E-state index contributed by atoms with van der Waals surface area (Å²) >= 11 is 2.43. The molecule has 0 N–H and O–H groups in total. The molecule has 0 aromatic rings. The first kappa shape index (κ1) is 10.2. The van der Waals surface area contributed by atoms with Gasteiger partial charge in [-0.3, -0.25) is 5.01 Å². The lowest BCUT2D eigenvalue weighted by molar-refractivity contribution is 0.222. The van der Waals surface area contributed by atoms with E-state index in [1.165, 1.54) is 0 Å². The summed E-state index contributed by atoms with van der Waals surface area (Å²) in [6.07, 6.45) is 2.03. The van der Waals surface area contributed by atoms with Crippen molar-refractivity contribution in [2.24, 2.45) is 5.10 Å². The van der Waals surface area contributed by atoms with Crippen LogP contribution >= 0.6 is 22.6 Å². The molecule has 0 bridgehead atoms. The molecule has 0 fully saturated rings. The summed E-state index contributed by atoms with van der Waals surface area (Å²) in [7, 11) is 4.18. The first-order valence-electron chi connectivity index (χ1n) is 4.21. The quantitative estimate of drug-likeness (QED) is 0.568. The molecule has 1 rings (SSSR count). The van der Waals surface area contributed by atoms with Gasteiger partial charge in [0, 0.05) is 19.3 Å². The van der Waals surface area contributed by atoms with E-state index in [-0.39, 0.29) is 0 Å². The van der Waals surface area contributed by atoms with Crippen molar-refractivity contribution >= 4 is 28.8 Å². The molecule has 4 heteroatoms. The van der Waals surface area contributed by atoms with Crippen LogP contribution in [0.4, 0.5) is 0 Å². The van der Waals surface area contributed by atoms with E-state index >= 15 is 0 Å². The van der Waals surface area contributed by atoms with Crippen LogP contribution in [0.2, 0.25) is 0 Å². The van der Waals surface area contributed by atoms with Gasteiger partial charge in [-0.15, -0.1) is 0 Å². The molecule has 0 aliphatic carbocycles. The van der Waals surface area contributed by atoms with E-state index in [0.29, 0.717) is 9.97 Å². The second-order valence-corrected chi connectivity index (χ2v) is 4.85. The van der Waals surface area contributed by atoms with E-state index in [1.807, 2.05) is 6.21 Å². The zero-order valence-corrected chi connectivity index (χ0v) is 10.0. The minimum Gasteiger partial charge on any atom is -0.308 e. The average Bonchev–Trinajstić information content (AvgIpc) is 2.30. The molecule has 0 saturated heterocycles. The Bertz CT molecular complexity index is 170. The maximum Gasteiger partial charge on any atom is 0.0697 e. The first-order chi connectivity index (χ1) is 5.61. The third-order valence-corrected chi connectivity index (χ3v) is 3.43. The SMILES string of the molecule is CC1C(I)C=NN1CCN(C)C. The lowest BCUT2D eigenvalue weighted by atomic mass is 10.2. The normalized spacial score (nSPS) is 28.9. The Hall–Kier alpha value is 0.160. The molecule has 2 atom stereocenters. The van der Waals surface area contributed by atoms with Crippen LogP contribution in [-0.2, 0) is 0 Å². The van der Waals surface area contributed by atoms with E-state index in [9.17, 15) is 0 Å². The topological polar surface area (TPSA) is 18.8 Å². The average molecular weight is 281 g/mol. The number of halogens is 1.